The molecule has 1 aromatic rings. The number of aromatic nitrogens is 2. The van der Waals surface area contributed by atoms with Gasteiger partial charge in [0.25, 0.3) is 5.56 Å². The van der Waals surface area contributed by atoms with Crippen molar-refractivity contribution < 1.29 is 9.84 Å². The van der Waals surface area contributed by atoms with Gasteiger partial charge in [-0.3, -0.25) is 14.3 Å². The molecule has 4 atom stereocenters. The van der Waals surface area contributed by atoms with Gasteiger partial charge in [-0.25, -0.2) is 4.79 Å². The molecule has 0 unspecified atom stereocenters. The van der Waals surface area contributed by atoms with E-state index >= 15 is 0 Å². The summed E-state index contributed by atoms with van der Waals surface area (Å²) in [6.07, 6.45) is -1.33. The molecule has 0 saturated carbocycles. The maximum Gasteiger partial charge on any atom is 0.330 e. The molecule has 2 N–H and O–H groups in total. The fourth-order valence-electron chi connectivity index (χ4n) is 2.06. The van der Waals surface area contributed by atoms with E-state index in [1.165, 1.54) is 13.1 Å². The highest BCUT2D eigenvalue weighted by molar-refractivity contribution is 14.1. The van der Waals surface area contributed by atoms with Gasteiger partial charge < -0.3 is 9.84 Å². The fourth-order valence-corrected chi connectivity index (χ4v) is 2.79. The van der Waals surface area contributed by atoms with Crippen LogP contribution in [0.25, 0.3) is 10.4 Å². The van der Waals surface area contributed by atoms with Crippen LogP contribution in [0.4, 0.5) is 0 Å². The fraction of sp³-hybridized carbons (Fsp3) is 0.600. The molecule has 0 amide bonds. The summed E-state index contributed by atoms with van der Waals surface area (Å²) in [7, 11) is 0. The maximum absolute atomic E-state index is 11.8. The van der Waals surface area contributed by atoms with Gasteiger partial charge in [0.15, 0.2) is 6.23 Å². The minimum atomic E-state index is -1.16. The van der Waals surface area contributed by atoms with E-state index in [0.717, 1.165) is 4.57 Å². The molecule has 1 aliphatic heterocycles. The Labute approximate surface area is 126 Å². The van der Waals surface area contributed by atoms with Gasteiger partial charge in [0.05, 0.1) is 12.1 Å². The number of nitrogens with one attached hydrogen (secondary N) is 1. The average molecular weight is 393 g/mol. The van der Waals surface area contributed by atoms with Crippen molar-refractivity contribution in [1.82, 2.24) is 9.55 Å². The number of H-pyrrole nitrogens is 1. The summed E-state index contributed by atoms with van der Waals surface area (Å²) in [6, 6.07) is -0.777. The Bertz CT molecular complexity index is 664. The van der Waals surface area contributed by atoms with Crippen LogP contribution in [0.1, 0.15) is 11.8 Å². The highest BCUT2D eigenvalue weighted by Gasteiger charge is 2.44. The first-order valence-corrected chi connectivity index (χ1v) is 7.28. The van der Waals surface area contributed by atoms with Gasteiger partial charge in [0, 0.05) is 21.1 Å². The van der Waals surface area contributed by atoms with Crippen LogP contribution >= 0.6 is 22.6 Å². The van der Waals surface area contributed by atoms with Crippen LogP contribution in [0.2, 0.25) is 0 Å². The van der Waals surface area contributed by atoms with Gasteiger partial charge in [0.2, 0.25) is 0 Å². The third-order valence-electron chi connectivity index (χ3n) is 3.09. The summed E-state index contributed by atoms with van der Waals surface area (Å²) in [5, 5.41) is 13.7. The van der Waals surface area contributed by atoms with Crippen LogP contribution in [0.3, 0.4) is 0 Å². The number of aliphatic hydroxyl groups is 1. The number of azide groups is 1. The van der Waals surface area contributed by atoms with Crippen molar-refractivity contribution in [3.8, 4) is 0 Å². The Kier molecular flexibility index (Phi) is 4.48. The first kappa shape index (κ1) is 15.0. The molecule has 0 spiro atoms. The molecule has 0 bridgehead atoms. The molecule has 0 aromatic carbocycles. The van der Waals surface area contributed by atoms with Gasteiger partial charge in [-0.15, -0.1) is 0 Å². The van der Waals surface area contributed by atoms with Gasteiger partial charge in [-0.1, -0.05) is 27.7 Å². The molecule has 20 heavy (non-hydrogen) atoms. The van der Waals surface area contributed by atoms with Crippen LogP contribution in [0.15, 0.2) is 20.9 Å². The van der Waals surface area contributed by atoms with Crippen molar-refractivity contribution >= 4 is 22.6 Å². The first-order chi connectivity index (χ1) is 9.49. The highest BCUT2D eigenvalue weighted by atomic mass is 127. The third kappa shape index (κ3) is 2.59. The number of alkyl halides is 1. The standard InChI is InChI=1S/C10H12IN5O4/c1-4-3-16(10(19)13-8(4)18)9-7(17)6(14-15-12)5(2-11)20-9/h3,5-7,9,17H,2H2,1H3,(H,13,18,19)/t5-,6-,7-,9-/m1/s1. The van der Waals surface area contributed by atoms with Gasteiger partial charge in [-0.2, -0.15) is 0 Å². The number of aromatic amines is 1. The van der Waals surface area contributed by atoms with Crippen molar-refractivity contribution in [2.45, 2.75) is 31.4 Å². The van der Waals surface area contributed by atoms with E-state index in [0.29, 0.717) is 9.99 Å². The molecular weight excluding hydrogens is 381 g/mol. The van der Waals surface area contributed by atoms with Gasteiger partial charge in [0.1, 0.15) is 6.10 Å². The molecule has 1 saturated heterocycles. The predicted molar refractivity (Wildman–Crippen MR) is 77.8 cm³/mol. The van der Waals surface area contributed by atoms with E-state index in [1.807, 2.05) is 22.6 Å². The number of rotatable bonds is 3. The molecule has 1 aliphatic rings. The van der Waals surface area contributed by atoms with Crippen LogP contribution < -0.4 is 11.2 Å². The molecule has 10 heteroatoms. The van der Waals surface area contributed by atoms with E-state index in [9.17, 15) is 14.7 Å². The van der Waals surface area contributed by atoms with E-state index in [4.69, 9.17) is 10.3 Å². The average Bonchev–Trinajstić information content (AvgIpc) is 2.72. The van der Waals surface area contributed by atoms with Crippen molar-refractivity contribution in [1.29, 1.82) is 0 Å². The lowest BCUT2D eigenvalue weighted by molar-refractivity contribution is -0.0331. The summed E-state index contributed by atoms with van der Waals surface area (Å²) in [6.45, 7) is 1.54. The molecule has 0 radical (unpaired) electrons. The van der Waals surface area contributed by atoms with Crippen LogP contribution in [0.5, 0.6) is 0 Å². The predicted octanol–water partition coefficient (Wildman–Crippen LogP) is 0.217. The van der Waals surface area contributed by atoms with Gasteiger partial charge in [-0.05, 0) is 12.5 Å². The van der Waals surface area contributed by atoms with Crippen molar-refractivity contribution in [3.63, 3.8) is 0 Å². The van der Waals surface area contributed by atoms with E-state index in [2.05, 4.69) is 15.0 Å². The normalized spacial score (nSPS) is 29.1. The summed E-state index contributed by atoms with van der Waals surface area (Å²) < 4.78 is 7.17. The van der Waals surface area contributed by atoms with Crippen molar-refractivity contribution in [3.05, 3.63) is 43.0 Å². The topological polar surface area (TPSA) is 133 Å². The lowest BCUT2D eigenvalue weighted by atomic mass is 10.1. The number of hydrogen-bond acceptors (Lipinski definition) is 5. The highest BCUT2D eigenvalue weighted by Crippen LogP contribution is 2.31. The zero-order valence-corrected chi connectivity index (χ0v) is 12.6. The van der Waals surface area contributed by atoms with Crippen LogP contribution in [-0.2, 0) is 4.74 Å². The molecule has 2 heterocycles. The van der Waals surface area contributed by atoms with Crippen LogP contribution in [-0.4, -0.2) is 37.3 Å². The largest absolute Gasteiger partial charge is 0.388 e. The molecule has 108 valence electrons. The monoisotopic (exact) mass is 393 g/mol. The lowest BCUT2D eigenvalue weighted by Crippen LogP contribution is -2.38. The molecule has 0 aliphatic carbocycles. The second kappa shape index (κ2) is 5.95. The van der Waals surface area contributed by atoms with E-state index in [-0.39, 0.29) is 0 Å². The SMILES string of the molecule is Cc1cn([C@@H]2O[C@H](CI)[C@@H](N=[N+]=[N-])[C@H]2O)c(=O)[nH]c1=O. The van der Waals surface area contributed by atoms with Gasteiger partial charge >= 0.3 is 5.69 Å². The van der Waals surface area contributed by atoms with Crippen molar-refractivity contribution in [2.75, 3.05) is 4.43 Å². The first-order valence-electron chi connectivity index (χ1n) is 5.75. The van der Waals surface area contributed by atoms with E-state index < -0.39 is 35.7 Å². The molecule has 1 fully saturated rings. The molecule has 2 rings (SSSR count). The molecule has 9 nitrogen and oxygen atoms in total. The Hall–Kier alpha value is -1.36. The number of aliphatic hydroxyl groups excluding tert-OH is 1. The third-order valence-corrected chi connectivity index (χ3v) is 3.96. The Morgan fingerprint density at radius 3 is 2.95 bits per heavy atom. The van der Waals surface area contributed by atoms with Crippen molar-refractivity contribution in [2.24, 2.45) is 5.11 Å². The van der Waals surface area contributed by atoms with E-state index in [1.54, 1.807) is 0 Å². The Morgan fingerprint density at radius 1 is 1.65 bits per heavy atom. The number of hydrogen-bond donors (Lipinski definition) is 2. The minimum Gasteiger partial charge on any atom is -0.388 e. The maximum atomic E-state index is 11.8. The number of ether oxygens (including phenoxy) is 1. The smallest absolute Gasteiger partial charge is 0.330 e. The summed E-state index contributed by atoms with van der Waals surface area (Å²) in [5.74, 6) is 0. The number of nitrogens with zero attached hydrogens (tertiary/aromatic N) is 4. The molecule has 1 aromatic heterocycles. The second-order valence-electron chi connectivity index (χ2n) is 4.38. The summed E-state index contributed by atoms with van der Waals surface area (Å²) in [4.78, 5) is 28.0. The second-order valence-corrected chi connectivity index (χ2v) is 5.26. The Balaban J connectivity index is 2.44. The van der Waals surface area contributed by atoms with Crippen LogP contribution in [0, 0.1) is 6.92 Å². The number of halogens is 1. The summed E-state index contributed by atoms with van der Waals surface area (Å²) >= 11 is 2.04. The zero-order chi connectivity index (χ0) is 14.9. The molecular formula is C10H12IN5O4. The quantitative estimate of drug-likeness (QED) is 0.250. The summed E-state index contributed by atoms with van der Waals surface area (Å²) in [5.41, 5.74) is 7.67. The number of aryl methyl sites for hydroxylation is 1. The lowest BCUT2D eigenvalue weighted by Gasteiger charge is -2.17. The zero-order valence-electron chi connectivity index (χ0n) is 10.4. The minimum absolute atomic E-state index is 0.318. The Morgan fingerprint density at radius 2 is 2.35 bits per heavy atom.